The van der Waals surface area contributed by atoms with Gasteiger partial charge in [0.2, 0.25) is 5.91 Å². The topological polar surface area (TPSA) is 75.6 Å². The van der Waals surface area contributed by atoms with Crippen LogP contribution in [0.4, 0.5) is 10.1 Å². The second-order valence-corrected chi connectivity index (χ2v) is 3.01. The van der Waals surface area contributed by atoms with Crippen molar-refractivity contribution in [2.45, 2.75) is 0 Å². The van der Waals surface area contributed by atoms with Crippen molar-refractivity contribution < 1.29 is 23.8 Å². The van der Waals surface area contributed by atoms with Crippen LogP contribution in [-0.4, -0.2) is 24.1 Å². The minimum absolute atomic E-state index is 0.0793. The highest BCUT2D eigenvalue weighted by Gasteiger charge is 2.06. The zero-order chi connectivity index (χ0) is 12.8. The van der Waals surface area contributed by atoms with Crippen molar-refractivity contribution in [2.24, 2.45) is 0 Å². The molecule has 0 aliphatic heterocycles. The van der Waals surface area contributed by atoms with Crippen molar-refractivity contribution in [2.75, 3.05) is 12.4 Å². The summed E-state index contributed by atoms with van der Waals surface area (Å²) in [6.45, 7) is 0. The van der Waals surface area contributed by atoms with Crippen LogP contribution in [0, 0.1) is 5.82 Å². The van der Waals surface area contributed by atoms with Crippen molar-refractivity contribution in [3.8, 4) is 5.75 Å². The average molecular weight is 239 g/mol. The molecule has 1 amide bonds. The Balaban J connectivity index is 2.80. The van der Waals surface area contributed by atoms with E-state index in [-0.39, 0.29) is 5.69 Å². The van der Waals surface area contributed by atoms with Crippen molar-refractivity contribution in [1.82, 2.24) is 0 Å². The fourth-order valence-corrected chi connectivity index (χ4v) is 1.05. The van der Waals surface area contributed by atoms with E-state index in [1.165, 1.54) is 19.2 Å². The molecule has 0 bridgehead atoms. The first kappa shape index (κ1) is 12.7. The number of halogens is 1. The summed E-state index contributed by atoms with van der Waals surface area (Å²) in [6, 6.07) is 3.83. The smallest absolute Gasteiger partial charge is 0.328 e. The average Bonchev–Trinajstić information content (AvgIpc) is 2.29. The normalized spacial score (nSPS) is 10.2. The molecular weight excluding hydrogens is 229 g/mol. The number of benzene rings is 1. The molecule has 17 heavy (non-hydrogen) atoms. The van der Waals surface area contributed by atoms with Gasteiger partial charge < -0.3 is 15.2 Å². The fraction of sp³-hybridized carbons (Fsp3) is 0.0909. The molecule has 0 atom stereocenters. The Morgan fingerprint density at radius 1 is 1.41 bits per heavy atom. The van der Waals surface area contributed by atoms with Crippen LogP contribution in [0.15, 0.2) is 30.4 Å². The number of carboxylic acid groups (broad SMARTS) is 1. The molecule has 1 aromatic carbocycles. The van der Waals surface area contributed by atoms with Gasteiger partial charge in [-0.1, -0.05) is 0 Å². The quantitative estimate of drug-likeness (QED) is 0.779. The van der Waals surface area contributed by atoms with E-state index < -0.39 is 17.7 Å². The lowest BCUT2D eigenvalue weighted by molar-refractivity contribution is -0.131. The summed E-state index contributed by atoms with van der Waals surface area (Å²) < 4.78 is 18.1. The van der Waals surface area contributed by atoms with Crippen molar-refractivity contribution in [1.29, 1.82) is 0 Å². The summed E-state index contributed by atoms with van der Waals surface area (Å²) in [5.41, 5.74) is -0.0793. The van der Waals surface area contributed by atoms with Crippen LogP contribution in [0.2, 0.25) is 0 Å². The molecule has 0 aromatic heterocycles. The van der Waals surface area contributed by atoms with E-state index >= 15 is 0 Å². The van der Waals surface area contributed by atoms with Crippen LogP contribution in [0.3, 0.4) is 0 Å². The number of carbonyl (C=O) groups is 2. The summed E-state index contributed by atoms with van der Waals surface area (Å²) in [5, 5.41) is 10.5. The Bertz CT molecular complexity index is 471. The van der Waals surface area contributed by atoms with Gasteiger partial charge in [-0.15, -0.1) is 0 Å². The van der Waals surface area contributed by atoms with Gasteiger partial charge in [0, 0.05) is 18.2 Å². The van der Waals surface area contributed by atoms with Gasteiger partial charge >= 0.3 is 5.97 Å². The summed E-state index contributed by atoms with van der Waals surface area (Å²) in [6.07, 6.45) is 1.45. The summed E-state index contributed by atoms with van der Waals surface area (Å²) in [4.78, 5) is 21.4. The Kier molecular flexibility index (Phi) is 4.21. The molecule has 6 heteroatoms. The second kappa shape index (κ2) is 5.64. The van der Waals surface area contributed by atoms with Gasteiger partial charge in [-0.3, -0.25) is 4.79 Å². The van der Waals surface area contributed by atoms with E-state index in [4.69, 9.17) is 9.84 Å². The second-order valence-electron chi connectivity index (χ2n) is 3.01. The summed E-state index contributed by atoms with van der Waals surface area (Å²) in [7, 11) is 1.41. The number of aliphatic carboxylic acids is 1. The predicted molar refractivity (Wildman–Crippen MR) is 58.4 cm³/mol. The largest absolute Gasteiger partial charge is 0.497 e. The van der Waals surface area contributed by atoms with Crippen molar-refractivity contribution in [3.63, 3.8) is 0 Å². The van der Waals surface area contributed by atoms with Crippen LogP contribution < -0.4 is 10.1 Å². The fourth-order valence-electron chi connectivity index (χ4n) is 1.05. The number of carboxylic acids is 1. The summed E-state index contributed by atoms with van der Waals surface area (Å²) >= 11 is 0. The van der Waals surface area contributed by atoms with E-state index in [0.29, 0.717) is 11.8 Å². The third kappa shape index (κ3) is 3.94. The highest BCUT2D eigenvalue weighted by molar-refractivity contribution is 6.02. The Morgan fingerprint density at radius 3 is 2.71 bits per heavy atom. The maximum absolute atomic E-state index is 13.3. The molecule has 0 saturated carbocycles. The molecule has 0 heterocycles. The Morgan fingerprint density at radius 2 is 2.12 bits per heavy atom. The van der Waals surface area contributed by atoms with Crippen LogP contribution in [0.5, 0.6) is 5.75 Å². The molecule has 0 radical (unpaired) electrons. The van der Waals surface area contributed by atoms with Crippen molar-refractivity contribution in [3.05, 3.63) is 36.2 Å². The number of carbonyl (C=O) groups excluding carboxylic acids is 1. The molecule has 90 valence electrons. The molecule has 2 N–H and O–H groups in total. The lowest BCUT2D eigenvalue weighted by Gasteiger charge is -2.06. The van der Waals surface area contributed by atoms with Gasteiger partial charge in [0.1, 0.15) is 11.6 Å². The Hall–Kier alpha value is -2.37. The first-order valence-corrected chi connectivity index (χ1v) is 4.58. The van der Waals surface area contributed by atoms with Crippen LogP contribution in [0.25, 0.3) is 0 Å². The number of anilines is 1. The van der Waals surface area contributed by atoms with Gasteiger partial charge in [0.05, 0.1) is 12.8 Å². The van der Waals surface area contributed by atoms with E-state index in [9.17, 15) is 14.0 Å². The first-order valence-electron chi connectivity index (χ1n) is 4.58. The Labute approximate surface area is 96.5 Å². The first-order chi connectivity index (χ1) is 8.02. The van der Waals surface area contributed by atoms with E-state index in [2.05, 4.69) is 5.32 Å². The van der Waals surface area contributed by atoms with E-state index in [0.717, 1.165) is 12.1 Å². The third-order valence-electron chi connectivity index (χ3n) is 1.81. The predicted octanol–water partition coefficient (Wildman–Crippen LogP) is 1.41. The number of hydrogen-bond donors (Lipinski definition) is 2. The van der Waals surface area contributed by atoms with Crippen molar-refractivity contribution >= 4 is 17.6 Å². The minimum atomic E-state index is -1.26. The SMILES string of the molecule is COc1ccc(F)c(NC(=O)C=CC(=O)O)c1. The molecule has 0 saturated heterocycles. The molecule has 0 fully saturated rings. The maximum Gasteiger partial charge on any atom is 0.328 e. The highest BCUT2D eigenvalue weighted by Crippen LogP contribution is 2.20. The molecule has 5 nitrogen and oxygen atoms in total. The third-order valence-corrected chi connectivity index (χ3v) is 1.81. The minimum Gasteiger partial charge on any atom is -0.497 e. The number of ether oxygens (including phenoxy) is 1. The number of hydrogen-bond acceptors (Lipinski definition) is 3. The zero-order valence-electron chi connectivity index (χ0n) is 8.94. The zero-order valence-corrected chi connectivity index (χ0v) is 8.94. The van der Waals surface area contributed by atoms with Gasteiger partial charge in [-0.05, 0) is 12.1 Å². The van der Waals surface area contributed by atoms with E-state index in [1.807, 2.05) is 0 Å². The molecule has 0 unspecified atom stereocenters. The monoisotopic (exact) mass is 239 g/mol. The van der Waals surface area contributed by atoms with Gasteiger partial charge in [-0.25, -0.2) is 9.18 Å². The standard InChI is InChI=1S/C11H10FNO4/c1-17-7-2-3-8(12)9(6-7)13-10(14)4-5-11(15)16/h2-6H,1H3,(H,13,14)(H,15,16). The lowest BCUT2D eigenvalue weighted by Crippen LogP contribution is -2.10. The number of amides is 1. The molecule has 1 aromatic rings. The molecule has 0 spiro atoms. The molecule has 1 rings (SSSR count). The van der Waals surface area contributed by atoms with Crippen LogP contribution >= 0.6 is 0 Å². The number of methoxy groups -OCH3 is 1. The maximum atomic E-state index is 13.3. The van der Waals surface area contributed by atoms with Crippen LogP contribution in [-0.2, 0) is 9.59 Å². The number of rotatable bonds is 4. The van der Waals surface area contributed by atoms with E-state index in [1.54, 1.807) is 0 Å². The summed E-state index contributed by atoms with van der Waals surface area (Å²) in [5.74, 6) is -2.25. The highest BCUT2D eigenvalue weighted by atomic mass is 19.1. The molecular formula is C11H10FNO4. The van der Waals surface area contributed by atoms with Gasteiger partial charge in [-0.2, -0.15) is 0 Å². The van der Waals surface area contributed by atoms with Crippen LogP contribution in [0.1, 0.15) is 0 Å². The molecule has 0 aliphatic carbocycles. The van der Waals surface area contributed by atoms with Gasteiger partial charge in [0.15, 0.2) is 0 Å². The van der Waals surface area contributed by atoms with Gasteiger partial charge in [0.25, 0.3) is 0 Å². The molecule has 0 aliphatic rings. The lowest BCUT2D eigenvalue weighted by atomic mass is 10.3. The number of nitrogens with one attached hydrogen (secondary N) is 1.